The van der Waals surface area contributed by atoms with Gasteiger partial charge in [-0.1, -0.05) is 12.1 Å². The van der Waals surface area contributed by atoms with Crippen molar-refractivity contribution in [3.63, 3.8) is 0 Å². The number of carbonyl (C=O) groups excluding carboxylic acids is 1. The lowest BCUT2D eigenvalue weighted by atomic mass is 9.97. The highest BCUT2D eigenvalue weighted by atomic mass is 32.1. The Labute approximate surface area is 175 Å². The number of hydrogen-bond donors (Lipinski definition) is 1. The van der Waals surface area contributed by atoms with Crippen molar-refractivity contribution in [2.24, 2.45) is 13.0 Å². The van der Waals surface area contributed by atoms with Gasteiger partial charge >= 0.3 is 6.18 Å². The van der Waals surface area contributed by atoms with Gasteiger partial charge in [-0.15, -0.1) is 11.3 Å². The summed E-state index contributed by atoms with van der Waals surface area (Å²) < 4.78 is 41.3. The van der Waals surface area contributed by atoms with Crippen molar-refractivity contribution in [2.45, 2.75) is 25.2 Å². The summed E-state index contributed by atoms with van der Waals surface area (Å²) in [4.78, 5) is 18.9. The van der Waals surface area contributed by atoms with Crippen molar-refractivity contribution in [3.8, 4) is 0 Å². The van der Waals surface area contributed by atoms with Crippen molar-refractivity contribution >= 4 is 22.4 Å². The Morgan fingerprint density at radius 1 is 1.37 bits per heavy atom. The first-order valence-electron chi connectivity index (χ1n) is 9.38. The number of aromatic nitrogens is 3. The van der Waals surface area contributed by atoms with Crippen LogP contribution < -0.4 is 5.32 Å². The second-order valence-corrected chi connectivity index (χ2v) is 8.24. The molecular weight excluding hydrogens is 415 g/mol. The Balaban J connectivity index is 1.59. The van der Waals surface area contributed by atoms with Crippen LogP contribution in [-0.2, 0) is 24.6 Å². The fourth-order valence-corrected chi connectivity index (χ4v) is 4.35. The van der Waals surface area contributed by atoms with Gasteiger partial charge in [-0.25, -0.2) is 4.98 Å². The minimum atomic E-state index is -4.41. The SMILES string of the molecule is Cn1cc(CN2C[C@H](C(=O)Nc3nccs3)C[C@@H]2c2cccc(C(F)(F)F)c2)cn1. The summed E-state index contributed by atoms with van der Waals surface area (Å²) in [6, 6.07) is 5.05. The molecule has 0 bridgehead atoms. The van der Waals surface area contributed by atoms with Gasteiger partial charge in [0.25, 0.3) is 0 Å². The first kappa shape index (κ1) is 20.5. The van der Waals surface area contributed by atoms with E-state index in [1.165, 1.54) is 23.5 Å². The maximum atomic E-state index is 13.2. The van der Waals surface area contributed by atoms with Crippen LogP contribution >= 0.6 is 11.3 Å². The lowest BCUT2D eigenvalue weighted by Crippen LogP contribution is -2.27. The lowest BCUT2D eigenvalue weighted by Gasteiger charge is -2.24. The van der Waals surface area contributed by atoms with Gasteiger partial charge in [-0.05, 0) is 24.1 Å². The van der Waals surface area contributed by atoms with Crippen LogP contribution in [0.1, 0.15) is 29.2 Å². The highest BCUT2D eigenvalue weighted by molar-refractivity contribution is 7.13. The second-order valence-electron chi connectivity index (χ2n) is 7.35. The van der Waals surface area contributed by atoms with E-state index in [2.05, 4.69) is 15.4 Å². The number of amides is 1. The standard InChI is InChI=1S/C20H20F3N5OS/c1-27-10-13(9-25-27)11-28-12-15(18(29)26-19-24-5-6-30-19)8-17(28)14-3-2-4-16(7-14)20(21,22)23/h2-7,9-10,15,17H,8,11-12H2,1H3,(H,24,26,29)/t15-,17-/m1/s1. The third-order valence-electron chi connectivity index (χ3n) is 5.18. The molecule has 2 aromatic heterocycles. The van der Waals surface area contributed by atoms with Crippen LogP contribution in [-0.4, -0.2) is 32.1 Å². The summed E-state index contributed by atoms with van der Waals surface area (Å²) in [7, 11) is 1.81. The summed E-state index contributed by atoms with van der Waals surface area (Å²) in [6.45, 7) is 0.933. The van der Waals surface area contributed by atoms with Crippen molar-refractivity contribution in [1.29, 1.82) is 0 Å². The number of likely N-dealkylation sites (tertiary alicyclic amines) is 1. The molecule has 3 heterocycles. The molecule has 0 spiro atoms. The number of carbonyl (C=O) groups is 1. The number of benzene rings is 1. The van der Waals surface area contributed by atoms with Crippen molar-refractivity contribution in [1.82, 2.24) is 19.7 Å². The summed E-state index contributed by atoms with van der Waals surface area (Å²) >= 11 is 1.33. The van der Waals surface area contributed by atoms with Gasteiger partial charge in [-0.2, -0.15) is 18.3 Å². The first-order chi connectivity index (χ1) is 14.3. The smallest absolute Gasteiger partial charge is 0.302 e. The van der Waals surface area contributed by atoms with Gasteiger partial charge in [0.05, 0.1) is 17.7 Å². The Hall–Kier alpha value is -2.72. The van der Waals surface area contributed by atoms with Crippen LogP contribution in [0, 0.1) is 5.92 Å². The molecule has 6 nitrogen and oxygen atoms in total. The molecule has 1 aliphatic rings. The highest BCUT2D eigenvalue weighted by Crippen LogP contribution is 2.39. The molecule has 4 rings (SSSR count). The largest absolute Gasteiger partial charge is 0.416 e. The highest BCUT2D eigenvalue weighted by Gasteiger charge is 2.38. The number of anilines is 1. The second kappa shape index (κ2) is 8.19. The van der Waals surface area contributed by atoms with Gasteiger partial charge in [0.2, 0.25) is 5.91 Å². The molecule has 3 aromatic rings. The van der Waals surface area contributed by atoms with E-state index >= 15 is 0 Å². The number of rotatable bonds is 5. The van der Waals surface area contributed by atoms with Crippen LogP contribution in [0.5, 0.6) is 0 Å². The number of thiazole rings is 1. The van der Waals surface area contributed by atoms with Gasteiger partial charge in [-0.3, -0.25) is 14.4 Å². The summed E-state index contributed by atoms with van der Waals surface area (Å²) in [5.74, 6) is -0.527. The Morgan fingerprint density at radius 2 is 2.20 bits per heavy atom. The summed E-state index contributed by atoms with van der Waals surface area (Å²) in [6.07, 6.45) is 1.22. The first-order valence-corrected chi connectivity index (χ1v) is 10.3. The van der Waals surface area contributed by atoms with E-state index in [0.29, 0.717) is 30.2 Å². The Bertz CT molecular complexity index is 1020. The fourth-order valence-electron chi connectivity index (χ4n) is 3.82. The maximum absolute atomic E-state index is 13.2. The molecule has 158 valence electrons. The number of halogens is 3. The summed E-state index contributed by atoms with van der Waals surface area (Å²) in [5, 5.41) is 9.25. The molecule has 0 saturated carbocycles. The lowest BCUT2D eigenvalue weighted by molar-refractivity contribution is -0.137. The number of hydrogen-bond acceptors (Lipinski definition) is 5. The minimum Gasteiger partial charge on any atom is -0.302 e. The molecule has 1 aromatic carbocycles. The molecule has 1 N–H and O–H groups in total. The zero-order valence-electron chi connectivity index (χ0n) is 16.1. The third kappa shape index (κ3) is 4.54. The van der Waals surface area contributed by atoms with Crippen LogP contribution in [0.2, 0.25) is 0 Å². The monoisotopic (exact) mass is 435 g/mol. The molecule has 0 radical (unpaired) electrons. The normalized spacial score (nSPS) is 19.9. The van der Waals surface area contributed by atoms with E-state index in [9.17, 15) is 18.0 Å². The van der Waals surface area contributed by atoms with Crippen molar-refractivity contribution in [2.75, 3.05) is 11.9 Å². The topological polar surface area (TPSA) is 63.1 Å². The molecule has 2 atom stereocenters. The van der Waals surface area contributed by atoms with Crippen LogP contribution in [0.15, 0.2) is 48.2 Å². The Kier molecular flexibility index (Phi) is 5.61. The predicted octanol–water partition coefficient (Wildman–Crippen LogP) is 4.10. The predicted molar refractivity (Wildman–Crippen MR) is 107 cm³/mol. The average molecular weight is 435 g/mol. The molecule has 30 heavy (non-hydrogen) atoms. The molecule has 10 heteroatoms. The number of aryl methyl sites for hydroxylation is 1. The fraction of sp³-hybridized carbons (Fsp3) is 0.350. The Morgan fingerprint density at radius 3 is 2.87 bits per heavy atom. The van der Waals surface area contributed by atoms with Crippen molar-refractivity contribution in [3.05, 3.63) is 64.9 Å². The average Bonchev–Trinajstić information content (AvgIpc) is 3.43. The van der Waals surface area contributed by atoms with Crippen molar-refractivity contribution < 1.29 is 18.0 Å². The zero-order valence-corrected chi connectivity index (χ0v) is 17.0. The quantitative estimate of drug-likeness (QED) is 0.656. The molecule has 0 unspecified atom stereocenters. The van der Waals surface area contributed by atoms with E-state index in [4.69, 9.17) is 0 Å². The van der Waals surface area contributed by atoms with Gasteiger partial charge in [0.15, 0.2) is 5.13 Å². The van der Waals surface area contributed by atoms with E-state index in [1.807, 2.05) is 18.1 Å². The van der Waals surface area contributed by atoms with Gasteiger partial charge in [0.1, 0.15) is 0 Å². The van der Waals surface area contributed by atoms with Crippen LogP contribution in [0.25, 0.3) is 0 Å². The zero-order chi connectivity index (χ0) is 21.3. The summed E-state index contributed by atoms with van der Waals surface area (Å²) in [5.41, 5.74) is 0.811. The maximum Gasteiger partial charge on any atom is 0.416 e. The van der Waals surface area contributed by atoms with Gasteiger partial charge in [0, 0.05) is 49.5 Å². The van der Waals surface area contributed by atoms with E-state index < -0.39 is 11.7 Å². The van der Waals surface area contributed by atoms with Crippen LogP contribution in [0.4, 0.5) is 18.3 Å². The molecule has 1 fully saturated rings. The molecular formula is C20H20F3N5OS. The molecule has 0 aliphatic carbocycles. The van der Waals surface area contributed by atoms with E-state index in [0.717, 1.165) is 11.6 Å². The number of nitrogens with zero attached hydrogens (tertiary/aromatic N) is 4. The minimum absolute atomic E-state index is 0.171. The van der Waals surface area contributed by atoms with Crippen LogP contribution in [0.3, 0.4) is 0 Å². The third-order valence-corrected chi connectivity index (χ3v) is 5.87. The number of nitrogens with one attached hydrogen (secondary N) is 1. The molecule has 1 aliphatic heterocycles. The van der Waals surface area contributed by atoms with E-state index in [1.54, 1.807) is 28.5 Å². The van der Waals surface area contributed by atoms with Gasteiger partial charge < -0.3 is 5.32 Å². The molecule has 1 saturated heterocycles. The molecule has 1 amide bonds. The number of alkyl halides is 3. The van der Waals surface area contributed by atoms with E-state index in [-0.39, 0.29) is 17.9 Å².